The van der Waals surface area contributed by atoms with Gasteiger partial charge in [-0.15, -0.1) is 0 Å². The molecule has 1 aromatic carbocycles. The van der Waals surface area contributed by atoms with Gasteiger partial charge in [0.25, 0.3) is 11.8 Å². The molecule has 3 amide bonds. The Morgan fingerprint density at radius 2 is 2.06 bits per heavy atom. The van der Waals surface area contributed by atoms with Crippen molar-refractivity contribution in [1.29, 1.82) is 0 Å². The van der Waals surface area contributed by atoms with E-state index in [2.05, 4.69) is 10.1 Å². The first kappa shape index (κ1) is 24.8. The van der Waals surface area contributed by atoms with E-state index in [0.717, 1.165) is 19.3 Å². The van der Waals surface area contributed by atoms with Crippen LogP contribution >= 0.6 is 0 Å². The Bertz CT molecular complexity index is 878. The number of alkyl halides is 2. The largest absolute Gasteiger partial charge is 0.433 e. The van der Waals surface area contributed by atoms with Gasteiger partial charge in [-0.25, -0.2) is 0 Å². The molecule has 1 aliphatic carbocycles. The molecule has 0 unspecified atom stereocenters. The van der Waals surface area contributed by atoms with Crippen molar-refractivity contribution in [3.05, 3.63) is 18.2 Å². The second kappa shape index (κ2) is 10.9. The summed E-state index contributed by atoms with van der Waals surface area (Å²) in [7, 11) is 0. The third-order valence-electron chi connectivity index (χ3n) is 5.71. The van der Waals surface area contributed by atoms with E-state index in [9.17, 15) is 23.2 Å². The van der Waals surface area contributed by atoms with E-state index in [1.807, 2.05) is 13.8 Å². The number of nitrogens with zero attached hydrogens (tertiary/aromatic N) is 2. The number of ether oxygens (including phenoxy) is 2. The number of nitrogens with two attached hydrogens (primary N) is 1. The van der Waals surface area contributed by atoms with Crippen molar-refractivity contribution in [2.75, 3.05) is 36.5 Å². The van der Waals surface area contributed by atoms with Crippen molar-refractivity contribution in [1.82, 2.24) is 4.90 Å². The zero-order valence-corrected chi connectivity index (χ0v) is 18.8. The average Bonchev–Trinajstić information content (AvgIpc) is 2.67. The molecule has 1 saturated carbocycles. The molecule has 9 nitrogen and oxygen atoms in total. The van der Waals surface area contributed by atoms with Crippen LogP contribution in [0, 0.1) is 5.92 Å². The Hall–Kier alpha value is -2.79. The average molecular weight is 469 g/mol. The highest BCUT2D eigenvalue weighted by Gasteiger charge is 2.38. The van der Waals surface area contributed by atoms with E-state index in [-0.39, 0.29) is 42.5 Å². The van der Waals surface area contributed by atoms with E-state index >= 15 is 0 Å². The van der Waals surface area contributed by atoms with Crippen LogP contribution in [0.3, 0.4) is 0 Å². The zero-order valence-electron chi connectivity index (χ0n) is 18.8. The monoisotopic (exact) mass is 468 g/mol. The van der Waals surface area contributed by atoms with Crippen LogP contribution in [-0.2, 0) is 19.1 Å². The van der Waals surface area contributed by atoms with Crippen LogP contribution in [0.2, 0.25) is 0 Å². The molecule has 1 heterocycles. The predicted octanol–water partition coefficient (Wildman–Crippen LogP) is 1.95. The number of anilines is 2. The lowest BCUT2D eigenvalue weighted by Gasteiger charge is -2.41. The number of carbonyl (C=O) groups is 3. The van der Waals surface area contributed by atoms with Gasteiger partial charge in [0, 0.05) is 30.9 Å². The van der Waals surface area contributed by atoms with E-state index in [1.54, 1.807) is 4.90 Å². The first-order chi connectivity index (χ1) is 15.7. The highest BCUT2D eigenvalue weighted by Crippen LogP contribution is 2.33. The number of hydrogen-bond donors (Lipinski definition) is 2. The van der Waals surface area contributed by atoms with E-state index in [4.69, 9.17) is 10.5 Å². The first-order valence-corrected chi connectivity index (χ1v) is 11.0. The maximum Gasteiger partial charge on any atom is 0.387 e. The smallest absolute Gasteiger partial charge is 0.387 e. The molecule has 0 spiro atoms. The summed E-state index contributed by atoms with van der Waals surface area (Å²) in [6.45, 7) is 1.73. The van der Waals surface area contributed by atoms with Crippen LogP contribution in [0.1, 0.15) is 33.1 Å². The van der Waals surface area contributed by atoms with Gasteiger partial charge >= 0.3 is 6.61 Å². The maximum atomic E-state index is 13.1. The fraction of sp³-hybridized carbons (Fsp3) is 0.591. The highest BCUT2D eigenvalue weighted by molar-refractivity contribution is 6.10. The number of rotatable bonds is 10. The van der Waals surface area contributed by atoms with Gasteiger partial charge in [-0.1, -0.05) is 20.3 Å². The Balaban J connectivity index is 1.86. The van der Waals surface area contributed by atoms with Gasteiger partial charge in [-0.3, -0.25) is 19.3 Å². The van der Waals surface area contributed by atoms with Gasteiger partial charge in [0.1, 0.15) is 6.61 Å². The van der Waals surface area contributed by atoms with Crippen LogP contribution < -0.4 is 20.7 Å². The quantitative estimate of drug-likeness (QED) is 0.508. The molecule has 1 atom stereocenters. The van der Waals surface area contributed by atoms with Crippen molar-refractivity contribution < 1.29 is 32.6 Å². The molecular weight excluding hydrogens is 438 g/mol. The molecular formula is C22H30F2N4O5. The van der Waals surface area contributed by atoms with Crippen LogP contribution in [0.5, 0.6) is 5.75 Å². The summed E-state index contributed by atoms with van der Waals surface area (Å²) in [5, 5.41) is 2.53. The highest BCUT2D eigenvalue weighted by atomic mass is 19.3. The normalized spacial score (nSPS) is 17.9. The molecule has 0 bridgehead atoms. The Morgan fingerprint density at radius 3 is 2.61 bits per heavy atom. The number of morpholine rings is 1. The number of hydrogen-bond acceptors (Lipinski definition) is 6. The molecule has 11 heteroatoms. The Morgan fingerprint density at radius 1 is 1.33 bits per heavy atom. The molecule has 1 aromatic rings. The fourth-order valence-electron chi connectivity index (χ4n) is 4.02. The minimum atomic E-state index is -3.16. The summed E-state index contributed by atoms with van der Waals surface area (Å²) in [6.07, 6.45) is 2.71. The van der Waals surface area contributed by atoms with Gasteiger partial charge in [0.15, 0.2) is 11.8 Å². The molecule has 0 aromatic heterocycles. The van der Waals surface area contributed by atoms with Gasteiger partial charge in [0.05, 0.1) is 12.3 Å². The summed E-state index contributed by atoms with van der Waals surface area (Å²) in [5.74, 6) is -1.99. The predicted molar refractivity (Wildman–Crippen MR) is 117 cm³/mol. The molecule has 3 rings (SSSR count). The number of primary amides is 1. The van der Waals surface area contributed by atoms with E-state index in [0.29, 0.717) is 18.8 Å². The summed E-state index contributed by atoms with van der Waals surface area (Å²) in [5.41, 5.74) is 5.88. The lowest BCUT2D eigenvalue weighted by molar-refractivity contribution is -0.135. The van der Waals surface area contributed by atoms with Crippen molar-refractivity contribution in [2.45, 2.75) is 51.8 Å². The van der Waals surface area contributed by atoms with Crippen LogP contribution in [0.15, 0.2) is 18.2 Å². The molecule has 182 valence electrons. The van der Waals surface area contributed by atoms with Crippen molar-refractivity contribution in [3.8, 4) is 5.75 Å². The maximum absolute atomic E-state index is 13.1. The van der Waals surface area contributed by atoms with Gasteiger partial charge < -0.3 is 25.4 Å². The lowest BCUT2D eigenvalue weighted by Crippen LogP contribution is -2.58. The fourth-order valence-corrected chi connectivity index (χ4v) is 4.02. The lowest BCUT2D eigenvalue weighted by atomic mass is 9.89. The minimum absolute atomic E-state index is 0.0471. The summed E-state index contributed by atoms with van der Waals surface area (Å²) >= 11 is 0. The van der Waals surface area contributed by atoms with Crippen molar-refractivity contribution in [3.63, 3.8) is 0 Å². The molecule has 2 fully saturated rings. The molecule has 0 radical (unpaired) electrons. The first-order valence-electron chi connectivity index (χ1n) is 11.0. The number of nitrogens with one attached hydrogen (secondary N) is 1. The van der Waals surface area contributed by atoms with Crippen molar-refractivity contribution in [2.24, 2.45) is 11.7 Å². The topological polar surface area (TPSA) is 114 Å². The summed E-state index contributed by atoms with van der Waals surface area (Å²) < 4.78 is 35.9. The van der Waals surface area contributed by atoms with Crippen LogP contribution in [0.4, 0.5) is 20.2 Å². The second-order valence-corrected chi connectivity index (χ2v) is 8.63. The number of halogens is 2. The third-order valence-corrected chi connectivity index (χ3v) is 5.71. The van der Waals surface area contributed by atoms with Gasteiger partial charge in [-0.05, 0) is 30.9 Å². The molecule has 1 saturated heterocycles. The van der Waals surface area contributed by atoms with Crippen molar-refractivity contribution >= 4 is 29.1 Å². The van der Waals surface area contributed by atoms with E-state index < -0.39 is 24.5 Å². The third kappa shape index (κ3) is 6.17. The summed E-state index contributed by atoms with van der Waals surface area (Å²) in [4.78, 5) is 40.7. The summed E-state index contributed by atoms with van der Waals surface area (Å²) in [6, 6.07) is 2.93. The SMILES string of the molecule is CC(C)CN(C1CCC1)[C@H](C(N)=O)C(=O)Nc1ccc(N2CCOCC2=O)cc1OC(F)F. The van der Waals surface area contributed by atoms with Gasteiger partial charge in [-0.2, -0.15) is 8.78 Å². The Labute approximate surface area is 191 Å². The second-order valence-electron chi connectivity index (χ2n) is 8.63. The van der Waals surface area contributed by atoms with E-state index in [1.165, 1.54) is 23.1 Å². The molecule has 1 aliphatic heterocycles. The zero-order chi connectivity index (χ0) is 24.1. The molecule has 3 N–H and O–H groups in total. The van der Waals surface area contributed by atoms with Crippen LogP contribution in [0.25, 0.3) is 0 Å². The van der Waals surface area contributed by atoms with Gasteiger partial charge in [0.2, 0.25) is 5.91 Å². The van der Waals surface area contributed by atoms with Crippen LogP contribution in [-0.4, -0.2) is 67.6 Å². The number of carbonyl (C=O) groups excluding carboxylic acids is 3. The number of benzene rings is 1. The molecule has 33 heavy (non-hydrogen) atoms. The standard InChI is InChI=1S/C22H30F2N4O5/c1-13(2)11-28(14-4-3-5-14)19(20(25)30)21(31)26-16-7-6-15(10-17(16)33-22(23)24)27-8-9-32-12-18(27)29/h6-7,10,13-14,19,22H,3-5,8-9,11-12H2,1-2H3,(H2,25,30)(H,26,31)/t19-/m1/s1. The minimum Gasteiger partial charge on any atom is -0.433 e. The molecule has 2 aliphatic rings. The Kier molecular flexibility index (Phi) is 8.20. The number of amides is 3.